The van der Waals surface area contributed by atoms with E-state index in [0.717, 1.165) is 16.5 Å². The van der Waals surface area contributed by atoms with E-state index in [1.807, 2.05) is 79.8 Å². The van der Waals surface area contributed by atoms with Crippen molar-refractivity contribution in [1.82, 2.24) is 30.3 Å². The highest BCUT2D eigenvalue weighted by molar-refractivity contribution is 5.95. The van der Waals surface area contributed by atoms with E-state index in [2.05, 4.69) is 21.7 Å². The molecule has 4 amide bonds. The second-order valence-corrected chi connectivity index (χ2v) is 13.3. The van der Waals surface area contributed by atoms with Gasteiger partial charge in [0, 0.05) is 44.8 Å². The third-order valence-corrected chi connectivity index (χ3v) is 8.58. The van der Waals surface area contributed by atoms with Gasteiger partial charge in [-0.3, -0.25) is 19.2 Å². The highest BCUT2D eigenvalue weighted by atomic mass is 16.2. The zero-order valence-electron chi connectivity index (χ0n) is 28.9. The van der Waals surface area contributed by atoms with Crippen molar-refractivity contribution in [2.24, 2.45) is 23.7 Å². The van der Waals surface area contributed by atoms with Gasteiger partial charge in [-0.15, -0.1) is 0 Å². The number of carbonyl (C=O) groups is 4. The molecule has 2 aromatic rings. The second kappa shape index (κ2) is 16.1. The molecule has 0 spiro atoms. The van der Waals surface area contributed by atoms with E-state index in [4.69, 9.17) is 0 Å². The quantitative estimate of drug-likeness (QED) is 0.285. The minimum absolute atomic E-state index is 0.0377. The van der Waals surface area contributed by atoms with E-state index < -0.39 is 24.2 Å². The molecule has 0 bridgehead atoms. The molecule has 0 saturated heterocycles. The molecule has 10 heteroatoms. The lowest BCUT2D eigenvalue weighted by Gasteiger charge is -2.41. The van der Waals surface area contributed by atoms with E-state index in [1.165, 1.54) is 14.7 Å². The van der Waals surface area contributed by atoms with E-state index in [9.17, 15) is 19.2 Å². The molecular weight excluding hydrogens is 556 g/mol. The molecule has 1 aromatic carbocycles. The van der Waals surface area contributed by atoms with Crippen molar-refractivity contribution < 1.29 is 19.2 Å². The summed E-state index contributed by atoms with van der Waals surface area (Å²) in [4.78, 5) is 62.7. The number of nitrogens with one attached hydrogen (secondary N) is 3. The van der Waals surface area contributed by atoms with Crippen LogP contribution in [0.2, 0.25) is 0 Å². The highest BCUT2D eigenvalue weighted by Crippen LogP contribution is 2.22. The summed E-state index contributed by atoms with van der Waals surface area (Å²) in [6.45, 7) is 15.7. The molecule has 44 heavy (non-hydrogen) atoms. The number of hydrogen-bond donors (Lipinski definition) is 3. The molecule has 4 atom stereocenters. The first-order valence-corrected chi connectivity index (χ1v) is 15.9. The number of carbonyl (C=O) groups excluding carboxylic acids is 4. The maximum atomic E-state index is 14.1. The lowest BCUT2D eigenvalue weighted by atomic mass is 9.94. The van der Waals surface area contributed by atoms with Gasteiger partial charge in [0.05, 0.1) is 6.04 Å². The van der Waals surface area contributed by atoms with Gasteiger partial charge in [0.1, 0.15) is 18.1 Å². The Hall–Kier alpha value is -3.40. The Balaban J connectivity index is 2.23. The lowest BCUT2D eigenvalue weighted by molar-refractivity contribution is -0.155. The Morgan fingerprint density at radius 3 is 1.66 bits per heavy atom. The SMILES string of the molecule is CN[C@H](C(=O)N(C)[C@H](C(=O)N(C)[C@H](C(=O)N(C)[C@H](C(=O)NCCc1c[nH]c2ccccc12)C(C)C)C(C)C)C(C)C)C(C)C. The summed E-state index contributed by atoms with van der Waals surface area (Å²) in [7, 11) is 6.65. The molecule has 0 saturated carbocycles. The maximum absolute atomic E-state index is 14.1. The summed E-state index contributed by atoms with van der Waals surface area (Å²) >= 11 is 0. The number of likely N-dealkylation sites (N-methyl/N-ethyl adjacent to an activating group) is 4. The van der Waals surface area contributed by atoms with Crippen LogP contribution in [-0.4, -0.2) is 102 Å². The van der Waals surface area contributed by atoms with Gasteiger partial charge in [0.25, 0.3) is 0 Å². The maximum Gasteiger partial charge on any atom is 0.246 e. The largest absolute Gasteiger partial charge is 0.361 e. The number of H-pyrrole nitrogens is 1. The van der Waals surface area contributed by atoms with E-state index in [1.54, 1.807) is 28.2 Å². The number of nitrogens with zero attached hydrogens (tertiary/aromatic N) is 3. The van der Waals surface area contributed by atoms with E-state index in [0.29, 0.717) is 13.0 Å². The van der Waals surface area contributed by atoms with Crippen LogP contribution in [-0.2, 0) is 25.6 Å². The van der Waals surface area contributed by atoms with Crippen LogP contribution >= 0.6 is 0 Å². The van der Waals surface area contributed by atoms with E-state index >= 15 is 0 Å². The molecular formula is C34H56N6O4. The smallest absolute Gasteiger partial charge is 0.246 e. The molecule has 1 heterocycles. The normalized spacial score (nSPS) is 14.5. The Bertz CT molecular complexity index is 1270. The predicted octanol–water partition coefficient (Wildman–Crippen LogP) is 3.52. The number of hydrogen-bond acceptors (Lipinski definition) is 5. The zero-order valence-corrected chi connectivity index (χ0v) is 28.9. The minimum atomic E-state index is -0.817. The molecule has 2 rings (SSSR count). The Kier molecular flexibility index (Phi) is 13.4. The fourth-order valence-corrected chi connectivity index (χ4v) is 6.28. The Morgan fingerprint density at radius 2 is 1.18 bits per heavy atom. The van der Waals surface area contributed by atoms with Crippen LogP contribution in [0.1, 0.15) is 61.0 Å². The fourth-order valence-electron chi connectivity index (χ4n) is 6.28. The standard InChI is InChI=1S/C34H56N6O4/c1-20(2)27(35-9)32(42)39(11)29(22(5)6)34(44)40(12)30(23(7)8)33(43)38(10)28(21(3)4)31(41)36-18-17-24-19-37-26-16-14-13-15-25(24)26/h13-16,19-23,27-30,35,37H,17-18H2,1-12H3,(H,36,41)/t27-,28-,29-,30-/m0/s1. The number of fused-ring (bicyclic) bond motifs is 1. The van der Waals surface area contributed by atoms with Crippen LogP contribution < -0.4 is 10.6 Å². The van der Waals surface area contributed by atoms with Gasteiger partial charge in [-0.1, -0.05) is 73.6 Å². The number of aromatic amines is 1. The molecule has 3 N–H and O–H groups in total. The van der Waals surface area contributed by atoms with Gasteiger partial charge in [0.2, 0.25) is 23.6 Å². The summed E-state index contributed by atoms with van der Waals surface area (Å²) in [6.07, 6.45) is 2.61. The molecule has 0 fully saturated rings. The first-order chi connectivity index (χ1) is 20.6. The summed E-state index contributed by atoms with van der Waals surface area (Å²) in [5, 5.41) is 7.22. The van der Waals surface area contributed by atoms with Crippen molar-refractivity contribution in [1.29, 1.82) is 0 Å². The van der Waals surface area contributed by atoms with Crippen LogP contribution in [0.15, 0.2) is 30.5 Å². The van der Waals surface area contributed by atoms with Crippen LogP contribution in [0.5, 0.6) is 0 Å². The topological polar surface area (TPSA) is 118 Å². The molecule has 0 aliphatic heterocycles. The third kappa shape index (κ3) is 8.40. The number of amides is 4. The van der Waals surface area contributed by atoms with Crippen molar-refractivity contribution >= 4 is 34.5 Å². The van der Waals surface area contributed by atoms with E-state index in [-0.39, 0.29) is 47.3 Å². The van der Waals surface area contributed by atoms with Gasteiger partial charge in [-0.25, -0.2) is 0 Å². The molecule has 1 aromatic heterocycles. The predicted molar refractivity (Wildman–Crippen MR) is 177 cm³/mol. The van der Waals surface area contributed by atoms with Crippen LogP contribution in [0, 0.1) is 23.7 Å². The van der Waals surface area contributed by atoms with Gasteiger partial charge in [-0.05, 0) is 48.8 Å². The summed E-state index contributed by atoms with van der Waals surface area (Å²) in [5.74, 6) is -1.56. The average Bonchev–Trinajstić information content (AvgIpc) is 3.35. The number of benzene rings is 1. The minimum Gasteiger partial charge on any atom is -0.361 e. The van der Waals surface area contributed by atoms with Crippen molar-refractivity contribution in [3.05, 3.63) is 36.0 Å². The molecule has 0 aliphatic rings. The molecule has 246 valence electrons. The van der Waals surface area contributed by atoms with Crippen molar-refractivity contribution in [3.63, 3.8) is 0 Å². The fraction of sp³-hybridized carbons (Fsp3) is 0.647. The Morgan fingerprint density at radius 1 is 0.705 bits per heavy atom. The summed E-state index contributed by atoms with van der Waals surface area (Å²) in [6, 6.07) is 5.31. The summed E-state index contributed by atoms with van der Waals surface area (Å²) in [5.41, 5.74) is 2.17. The van der Waals surface area contributed by atoms with Crippen molar-refractivity contribution in [2.75, 3.05) is 34.7 Å². The molecule has 0 radical (unpaired) electrons. The summed E-state index contributed by atoms with van der Waals surface area (Å²) < 4.78 is 0. The van der Waals surface area contributed by atoms with Crippen molar-refractivity contribution in [3.8, 4) is 0 Å². The zero-order chi connectivity index (χ0) is 33.5. The van der Waals surface area contributed by atoms with Gasteiger partial charge in [0.15, 0.2) is 0 Å². The second-order valence-electron chi connectivity index (χ2n) is 13.3. The average molecular weight is 613 g/mol. The van der Waals surface area contributed by atoms with Crippen LogP contribution in [0.4, 0.5) is 0 Å². The number of para-hydroxylation sites is 1. The van der Waals surface area contributed by atoms with Crippen LogP contribution in [0.3, 0.4) is 0 Å². The Labute approximate surface area is 264 Å². The van der Waals surface area contributed by atoms with Gasteiger partial charge < -0.3 is 30.3 Å². The first-order valence-electron chi connectivity index (χ1n) is 15.9. The molecule has 0 aliphatic carbocycles. The van der Waals surface area contributed by atoms with Crippen LogP contribution in [0.25, 0.3) is 10.9 Å². The highest BCUT2D eigenvalue weighted by Gasteiger charge is 2.42. The lowest BCUT2D eigenvalue weighted by Crippen LogP contribution is -2.61. The molecule has 0 unspecified atom stereocenters. The molecule has 10 nitrogen and oxygen atoms in total. The van der Waals surface area contributed by atoms with Gasteiger partial charge >= 0.3 is 0 Å². The first kappa shape index (κ1) is 36.8. The number of aromatic nitrogens is 1. The van der Waals surface area contributed by atoms with Gasteiger partial charge in [-0.2, -0.15) is 0 Å². The number of rotatable bonds is 15. The monoisotopic (exact) mass is 612 g/mol. The third-order valence-electron chi connectivity index (χ3n) is 8.58. The van der Waals surface area contributed by atoms with Crippen molar-refractivity contribution in [2.45, 2.75) is 86.0 Å².